The number of nitrogens with zero attached hydrogens (tertiary/aromatic N) is 2. The van der Waals surface area contributed by atoms with Crippen LogP contribution >= 0.6 is 0 Å². The smallest absolute Gasteiger partial charge is 0.240 e. The van der Waals surface area contributed by atoms with E-state index in [0.29, 0.717) is 13.1 Å². The molecule has 0 radical (unpaired) electrons. The van der Waals surface area contributed by atoms with E-state index in [1.165, 1.54) is 12.1 Å². The highest BCUT2D eigenvalue weighted by molar-refractivity contribution is 7.89. The van der Waals surface area contributed by atoms with Gasteiger partial charge >= 0.3 is 0 Å². The van der Waals surface area contributed by atoms with Gasteiger partial charge in [-0.3, -0.25) is 4.90 Å². The van der Waals surface area contributed by atoms with E-state index in [4.69, 9.17) is 4.74 Å². The van der Waals surface area contributed by atoms with Crippen molar-refractivity contribution in [2.24, 2.45) is 0 Å². The van der Waals surface area contributed by atoms with Crippen LogP contribution in [0, 0.1) is 0 Å². The predicted octanol–water partition coefficient (Wildman–Crippen LogP) is 0.276. The van der Waals surface area contributed by atoms with Crippen molar-refractivity contribution in [2.45, 2.75) is 29.2 Å². The predicted molar refractivity (Wildman–Crippen MR) is 117 cm³/mol. The average Bonchev–Trinajstić information content (AvgIpc) is 3.14. The summed E-state index contributed by atoms with van der Waals surface area (Å²) in [6.07, 6.45) is -2.18. The fourth-order valence-electron chi connectivity index (χ4n) is 4.39. The van der Waals surface area contributed by atoms with E-state index in [-0.39, 0.29) is 18.0 Å². The number of aliphatic hydroxyl groups is 2. The van der Waals surface area contributed by atoms with Crippen molar-refractivity contribution in [3.8, 4) is 0 Å². The Balaban J connectivity index is 1.42. The van der Waals surface area contributed by atoms with Crippen molar-refractivity contribution in [2.75, 3.05) is 44.2 Å². The fraction of sp³-hybridized carbons (Fsp3) is 0.455. The minimum Gasteiger partial charge on any atom is -0.394 e. The summed E-state index contributed by atoms with van der Waals surface area (Å²) in [6, 6.07) is 17.9. The maximum Gasteiger partial charge on any atom is 0.240 e. The van der Waals surface area contributed by atoms with Gasteiger partial charge in [0, 0.05) is 38.4 Å². The minimum absolute atomic E-state index is 0.0222. The summed E-state index contributed by atoms with van der Waals surface area (Å²) in [7, 11) is -3.69. The van der Waals surface area contributed by atoms with Crippen molar-refractivity contribution in [3.63, 3.8) is 0 Å². The Hall–Kier alpha value is -2.01. The third kappa shape index (κ3) is 4.92. The number of para-hydroxylation sites is 1. The van der Waals surface area contributed by atoms with E-state index in [2.05, 4.69) is 26.7 Å². The zero-order valence-corrected chi connectivity index (χ0v) is 18.1. The third-order valence-corrected chi connectivity index (χ3v) is 7.47. The second kappa shape index (κ2) is 9.64. The van der Waals surface area contributed by atoms with Crippen molar-refractivity contribution in [1.29, 1.82) is 0 Å². The lowest BCUT2D eigenvalue weighted by Crippen LogP contribution is -2.57. The molecule has 2 saturated heterocycles. The molecule has 2 aliphatic heterocycles. The van der Waals surface area contributed by atoms with Crippen LogP contribution in [0.4, 0.5) is 5.69 Å². The second-order valence-electron chi connectivity index (χ2n) is 7.90. The van der Waals surface area contributed by atoms with Gasteiger partial charge in [0.2, 0.25) is 10.0 Å². The lowest BCUT2D eigenvalue weighted by molar-refractivity contribution is -0.0201. The van der Waals surface area contributed by atoms with Crippen LogP contribution in [0.1, 0.15) is 0 Å². The highest BCUT2D eigenvalue weighted by Gasteiger charge is 2.47. The summed E-state index contributed by atoms with van der Waals surface area (Å²) in [5, 5.41) is 20.4. The van der Waals surface area contributed by atoms with Crippen LogP contribution in [0.3, 0.4) is 0 Å². The molecule has 9 heteroatoms. The molecule has 0 unspecified atom stereocenters. The molecular weight excluding hydrogens is 418 g/mol. The first-order valence-electron chi connectivity index (χ1n) is 10.5. The molecule has 8 nitrogen and oxygen atoms in total. The number of ether oxygens (including phenoxy) is 1. The molecule has 0 amide bonds. The van der Waals surface area contributed by atoms with Crippen LogP contribution in [0.15, 0.2) is 65.6 Å². The Morgan fingerprint density at radius 2 is 1.55 bits per heavy atom. The molecule has 31 heavy (non-hydrogen) atoms. The summed E-state index contributed by atoms with van der Waals surface area (Å²) in [6.45, 7) is 2.71. The summed E-state index contributed by atoms with van der Waals surface area (Å²) in [4.78, 5) is 4.61. The van der Waals surface area contributed by atoms with Gasteiger partial charge in [0.1, 0.15) is 12.2 Å². The van der Waals surface area contributed by atoms with Gasteiger partial charge in [-0.15, -0.1) is 0 Å². The van der Waals surface area contributed by atoms with E-state index in [9.17, 15) is 18.6 Å². The van der Waals surface area contributed by atoms with Crippen molar-refractivity contribution < 1.29 is 23.4 Å². The third-order valence-electron chi connectivity index (χ3n) is 6.03. The highest BCUT2D eigenvalue weighted by Crippen LogP contribution is 2.28. The van der Waals surface area contributed by atoms with Crippen LogP contribution in [-0.2, 0) is 14.8 Å². The molecule has 0 aliphatic carbocycles. The maximum atomic E-state index is 12.6. The number of hydrogen-bond acceptors (Lipinski definition) is 7. The van der Waals surface area contributed by atoms with Crippen LogP contribution in [-0.4, -0.2) is 87.2 Å². The molecule has 4 atom stereocenters. The molecule has 2 aromatic rings. The Morgan fingerprint density at radius 3 is 2.16 bits per heavy atom. The zero-order chi connectivity index (χ0) is 21.8. The first-order valence-corrected chi connectivity index (χ1v) is 12.0. The fourth-order valence-corrected chi connectivity index (χ4v) is 5.45. The summed E-state index contributed by atoms with van der Waals surface area (Å²) in [5.41, 5.74) is 1.16. The quantitative estimate of drug-likeness (QED) is 0.560. The Morgan fingerprint density at radius 1 is 0.935 bits per heavy atom. The monoisotopic (exact) mass is 447 g/mol. The molecule has 168 valence electrons. The van der Waals surface area contributed by atoms with E-state index in [1.54, 1.807) is 18.2 Å². The van der Waals surface area contributed by atoms with Gasteiger partial charge < -0.3 is 19.8 Å². The van der Waals surface area contributed by atoms with Crippen molar-refractivity contribution in [1.82, 2.24) is 9.62 Å². The Bertz CT molecular complexity index is 936. The lowest BCUT2D eigenvalue weighted by Gasteiger charge is -2.41. The van der Waals surface area contributed by atoms with Crippen molar-refractivity contribution in [3.05, 3.63) is 60.7 Å². The van der Waals surface area contributed by atoms with Gasteiger partial charge in [-0.2, -0.15) is 0 Å². The van der Waals surface area contributed by atoms with Gasteiger partial charge in [0.05, 0.1) is 23.6 Å². The van der Waals surface area contributed by atoms with Crippen LogP contribution in [0.5, 0.6) is 0 Å². The molecule has 0 saturated carbocycles. The van der Waals surface area contributed by atoms with Gasteiger partial charge in [-0.25, -0.2) is 13.1 Å². The van der Waals surface area contributed by atoms with E-state index < -0.39 is 34.4 Å². The second-order valence-corrected chi connectivity index (χ2v) is 9.67. The number of hydrogen-bond donors (Lipinski definition) is 3. The molecule has 0 aromatic heterocycles. The SMILES string of the molecule is O=S(=O)(NC[C@H]1O[C@@H](CO)[C@@H](O)[C@H]1N1CCN(c2ccccc2)CC1)c1ccccc1. The van der Waals surface area contributed by atoms with E-state index in [1.807, 2.05) is 18.2 Å². The number of nitrogens with one attached hydrogen (secondary N) is 1. The Kier molecular flexibility index (Phi) is 6.90. The molecule has 2 fully saturated rings. The Labute approximate surface area is 183 Å². The van der Waals surface area contributed by atoms with Gasteiger partial charge in [-0.05, 0) is 24.3 Å². The number of piperazine rings is 1. The molecule has 4 rings (SSSR count). The number of rotatable bonds is 7. The first kappa shape index (κ1) is 22.2. The van der Waals surface area contributed by atoms with Crippen LogP contribution < -0.4 is 9.62 Å². The largest absolute Gasteiger partial charge is 0.394 e. The van der Waals surface area contributed by atoms with Gasteiger partial charge in [-0.1, -0.05) is 36.4 Å². The molecule has 2 heterocycles. The summed E-state index contributed by atoms with van der Waals surface area (Å²) >= 11 is 0. The maximum absolute atomic E-state index is 12.6. The topological polar surface area (TPSA) is 102 Å². The number of anilines is 1. The zero-order valence-electron chi connectivity index (χ0n) is 17.2. The van der Waals surface area contributed by atoms with Crippen LogP contribution in [0.25, 0.3) is 0 Å². The molecule has 2 aliphatic rings. The number of sulfonamides is 1. The van der Waals surface area contributed by atoms with Gasteiger partial charge in [0.15, 0.2) is 0 Å². The van der Waals surface area contributed by atoms with Crippen molar-refractivity contribution >= 4 is 15.7 Å². The van der Waals surface area contributed by atoms with E-state index in [0.717, 1.165) is 18.8 Å². The normalized spacial score (nSPS) is 27.5. The molecule has 0 spiro atoms. The highest BCUT2D eigenvalue weighted by atomic mass is 32.2. The molecule has 0 bridgehead atoms. The first-order chi connectivity index (χ1) is 15.0. The standard InChI is InChI=1S/C22H29N3O5S/c26-16-20-22(27)21(25-13-11-24(12-14-25)17-7-3-1-4-8-17)19(30-20)15-23-31(28,29)18-9-5-2-6-10-18/h1-10,19-23,26-27H,11-16H2/t19-,20+,21+,22-/m1/s1. The molecule has 2 aromatic carbocycles. The summed E-state index contributed by atoms with van der Waals surface area (Å²) in [5.74, 6) is 0. The van der Waals surface area contributed by atoms with Crippen LogP contribution in [0.2, 0.25) is 0 Å². The van der Waals surface area contributed by atoms with Gasteiger partial charge in [0.25, 0.3) is 0 Å². The minimum atomic E-state index is -3.69. The molecular formula is C22H29N3O5S. The molecule has 3 N–H and O–H groups in total. The summed E-state index contributed by atoms with van der Waals surface area (Å²) < 4.78 is 33.7. The number of benzene rings is 2. The number of aliphatic hydroxyl groups excluding tert-OH is 2. The average molecular weight is 448 g/mol. The van der Waals surface area contributed by atoms with E-state index >= 15 is 0 Å². The lowest BCUT2D eigenvalue weighted by atomic mass is 10.0.